The quantitative estimate of drug-likeness (QED) is 0.477. The number of nitrogens with zero attached hydrogens (tertiary/aromatic N) is 2. The standard InChI is InChI=1S/C16H14N2O4S/c1-13-4-10-16(11-5-13)23(21,22)17-12-2-3-14-6-8-15(9-7-14)18(19)20/h2-12H,1H3/b3-2+,17-12+. The van der Waals surface area contributed by atoms with E-state index in [0.29, 0.717) is 5.56 Å². The summed E-state index contributed by atoms with van der Waals surface area (Å²) >= 11 is 0. The van der Waals surface area contributed by atoms with Crippen molar-refractivity contribution in [2.75, 3.05) is 0 Å². The highest BCUT2D eigenvalue weighted by Gasteiger charge is 2.10. The second-order valence-corrected chi connectivity index (χ2v) is 6.38. The van der Waals surface area contributed by atoms with E-state index in [0.717, 1.165) is 5.56 Å². The fourth-order valence-corrected chi connectivity index (χ4v) is 2.58. The molecule has 0 heterocycles. The first-order chi connectivity index (χ1) is 10.9. The second kappa shape index (κ2) is 6.97. The van der Waals surface area contributed by atoms with Gasteiger partial charge in [0, 0.05) is 18.3 Å². The molecule has 0 radical (unpaired) electrons. The highest BCUT2D eigenvalue weighted by Crippen LogP contribution is 2.14. The first kappa shape index (κ1) is 16.6. The summed E-state index contributed by atoms with van der Waals surface area (Å²) in [5.41, 5.74) is 1.67. The second-order valence-electron chi connectivity index (χ2n) is 4.75. The molecular formula is C16H14N2O4S. The van der Waals surface area contributed by atoms with E-state index in [4.69, 9.17) is 0 Å². The summed E-state index contributed by atoms with van der Waals surface area (Å²) in [7, 11) is -3.72. The lowest BCUT2D eigenvalue weighted by Crippen LogP contribution is -1.96. The lowest BCUT2D eigenvalue weighted by molar-refractivity contribution is -0.384. The zero-order chi connectivity index (χ0) is 16.9. The Labute approximate surface area is 134 Å². The third kappa shape index (κ3) is 4.58. The van der Waals surface area contributed by atoms with Gasteiger partial charge in [0.2, 0.25) is 0 Å². The summed E-state index contributed by atoms with van der Waals surface area (Å²) in [6.45, 7) is 1.87. The Morgan fingerprint density at radius 2 is 1.65 bits per heavy atom. The molecule has 118 valence electrons. The van der Waals surface area contributed by atoms with Crippen LogP contribution < -0.4 is 0 Å². The minimum Gasteiger partial charge on any atom is -0.258 e. The third-order valence-electron chi connectivity index (χ3n) is 3.00. The van der Waals surface area contributed by atoms with Crippen molar-refractivity contribution in [1.29, 1.82) is 0 Å². The summed E-state index contributed by atoms with van der Waals surface area (Å²) in [6, 6.07) is 12.3. The summed E-state index contributed by atoms with van der Waals surface area (Å²) in [4.78, 5) is 10.2. The number of nitro benzene ring substituents is 1. The molecule has 0 N–H and O–H groups in total. The van der Waals surface area contributed by atoms with Crippen LogP contribution in [0.15, 0.2) is 63.9 Å². The van der Waals surface area contributed by atoms with Gasteiger partial charge in [-0.25, -0.2) is 0 Å². The fraction of sp³-hybridized carbons (Fsp3) is 0.0625. The SMILES string of the molecule is Cc1ccc(S(=O)(=O)/N=C/C=C/c2ccc([N+](=O)[O-])cc2)cc1. The van der Waals surface area contributed by atoms with Gasteiger partial charge in [0.15, 0.2) is 0 Å². The maximum atomic E-state index is 12.0. The van der Waals surface area contributed by atoms with Crippen molar-refractivity contribution < 1.29 is 13.3 Å². The highest BCUT2D eigenvalue weighted by atomic mass is 32.2. The van der Waals surface area contributed by atoms with E-state index in [2.05, 4.69) is 4.40 Å². The average Bonchev–Trinajstić information content (AvgIpc) is 2.52. The van der Waals surface area contributed by atoms with Crippen molar-refractivity contribution in [2.45, 2.75) is 11.8 Å². The number of sulfonamides is 1. The van der Waals surface area contributed by atoms with E-state index in [9.17, 15) is 18.5 Å². The zero-order valence-corrected chi connectivity index (χ0v) is 13.1. The maximum Gasteiger partial charge on any atom is 0.282 e. The predicted octanol–water partition coefficient (Wildman–Crippen LogP) is 3.38. The van der Waals surface area contributed by atoms with Gasteiger partial charge in [0.25, 0.3) is 15.7 Å². The maximum absolute atomic E-state index is 12.0. The Morgan fingerprint density at radius 1 is 1.04 bits per heavy atom. The van der Waals surface area contributed by atoms with Gasteiger partial charge in [0.05, 0.1) is 9.82 Å². The molecule has 0 fully saturated rings. The van der Waals surface area contributed by atoms with Crippen molar-refractivity contribution in [3.8, 4) is 0 Å². The van der Waals surface area contributed by atoms with Gasteiger partial charge in [-0.2, -0.15) is 12.8 Å². The molecule has 0 aromatic heterocycles. The molecule has 0 saturated carbocycles. The largest absolute Gasteiger partial charge is 0.282 e. The molecule has 0 aliphatic carbocycles. The van der Waals surface area contributed by atoms with E-state index < -0.39 is 14.9 Å². The minimum atomic E-state index is -3.72. The summed E-state index contributed by atoms with van der Waals surface area (Å²) in [5.74, 6) is 0. The first-order valence-corrected chi connectivity index (χ1v) is 8.11. The zero-order valence-electron chi connectivity index (χ0n) is 12.3. The molecular weight excluding hydrogens is 316 g/mol. The van der Waals surface area contributed by atoms with Gasteiger partial charge in [0.1, 0.15) is 0 Å². The van der Waals surface area contributed by atoms with Crippen molar-refractivity contribution in [2.24, 2.45) is 4.40 Å². The van der Waals surface area contributed by atoms with Crippen LogP contribution in [0.25, 0.3) is 6.08 Å². The predicted molar refractivity (Wildman–Crippen MR) is 89.0 cm³/mol. The normalized spacial score (nSPS) is 12.0. The third-order valence-corrected chi connectivity index (χ3v) is 4.26. The summed E-state index contributed by atoms with van der Waals surface area (Å²) in [5, 5.41) is 10.5. The molecule has 0 unspecified atom stereocenters. The van der Waals surface area contributed by atoms with Gasteiger partial charge in [-0.15, -0.1) is 0 Å². The lowest BCUT2D eigenvalue weighted by atomic mass is 10.2. The number of hydrogen-bond donors (Lipinski definition) is 0. The van der Waals surface area contributed by atoms with Crippen LogP contribution in [0.3, 0.4) is 0 Å². The van der Waals surface area contributed by atoms with Gasteiger partial charge < -0.3 is 0 Å². The van der Waals surface area contributed by atoms with E-state index >= 15 is 0 Å². The summed E-state index contributed by atoms with van der Waals surface area (Å²) < 4.78 is 27.5. The number of aryl methyl sites for hydroxylation is 1. The molecule has 0 spiro atoms. The summed E-state index contributed by atoms with van der Waals surface area (Å²) in [6.07, 6.45) is 4.25. The first-order valence-electron chi connectivity index (χ1n) is 6.67. The molecule has 0 amide bonds. The number of nitro groups is 1. The topological polar surface area (TPSA) is 89.6 Å². The van der Waals surface area contributed by atoms with Crippen LogP contribution in [0.5, 0.6) is 0 Å². The Bertz CT molecular complexity index is 852. The molecule has 0 saturated heterocycles. The van der Waals surface area contributed by atoms with Crippen LogP contribution in [-0.4, -0.2) is 19.6 Å². The number of rotatable bonds is 5. The molecule has 23 heavy (non-hydrogen) atoms. The van der Waals surface area contributed by atoms with Crippen molar-refractivity contribution in [3.05, 3.63) is 75.8 Å². The Hall–Kier alpha value is -2.80. The van der Waals surface area contributed by atoms with Crippen LogP contribution in [0.1, 0.15) is 11.1 Å². The minimum absolute atomic E-state index is 0.00207. The molecule has 2 aromatic carbocycles. The smallest absolute Gasteiger partial charge is 0.258 e. The lowest BCUT2D eigenvalue weighted by Gasteiger charge is -1.98. The fourth-order valence-electron chi connectivity index (χ4n) is 1.75. The molecule has 7 heteroatoms. The molecule has 0 atom stereocenters. The Kier molecular flexibility index (Phi) is 5.02. The van der Waals surface area contributed by atoms with Crippen LogP contribution in [0.4, 0.5) is 5.69 Å². The molecule has 0 bridgehead atoms. The van der Waals surface area contributed by atoms with Crippen LogP contribution in [0.2, 0.25) is 0 Å². The number of hydrogen-bond acceptors (Lipinski definition) is 4. The van der Waals surface area contributed by atoms with E-state index in [-0.39, 0.29) is 10.6 Å². The molecule has 0 aliphatic rings. The van der Waals surface area contributed by atoms with Gasteiger partial charge in [-0.3, -0.25) is 10.1 Å². The van der Waals surface area contributed by atoms with Crippen LogP contribution >= 0.6 is 0 Å². The van der Waals surface area contributed by atoms with Gasteiger partial charge in [-0.1, -0.05) is 23.8 Å². The monoisotopic (exact) mass is 330 g/mol. The molecule has 0 aliphatic heterocycles. The molecule has 2 aromatic rings. The van der Waals surface area contributed by atoms with Crippen molar-refractivity contribution in [1.82, 2.24) is 0 Å². The van der Waals surface area contributed by atoms with Crippen molar-refractivity contribution >= 4 is 28.0 Å². The van der Waals surface area contributed by atoms with E-state index in [1.807, 2.05) is 6.92 Å². The number of non-ortho nitro benzene ring substituents is 1. The molecule has 6 nitrogen and oxygen atoms in total. The van der Waals surface area contributed by atoms with Gasteiger partial charge in [-0.05, 0) is 42.8 Å². The van der Waals surface area contributed by atoms with Crippen molar-refractivity contribution in [3.63, 3.8) is 0 Å². The molecule has 2 rings (SSSR count). The van der Waals surface area contributed by atoms with Crippen LogP contribution in [0, 0.1) is 17.0 Å². The van der Waals surface area contributed by atoms with Gasteiger partial charge >= 0.3 is 0 Å². The number of benzene rings is 2. The highest BCUT2D eigenvalue weighted by molar-refractivity contribution is 7.90. The Balaban J connectivity index is 2.08. The van der Waals surface area contributed by atoms with E-state index in [1.54, 1.807) is 30.3 Å². The average molecular weight is 330 g/mol. The Morgan fingerprint density at radius 3 is 2.22 bits per heavy atom. The number of allylic oxidation sites excluding steroid dienone is 1. The van der Waals surface area contributed by atoms with Crippen LogP contribution in [-0.2, 0) is 10.0 Å². The van der Waals surface area contributed by atoms with E-state index in [1.165, 1.54) is 36.6 Å².